The van der Waals surface area contributed by atoms with Crippen LogP contribution < -0.4 is 5.73 Å². The Labute approximate surface area is 197 Å². The lowest BCUT2D eigenvalue weighted by Gasteiger charge is -2.38. The Bertz CT molecular complexity index is 1250. The minimum atomic E-state index is -3.94. The molecule has 0 amide bonds. The highest BCUT2D eigenvalue weighted by Gasteiger charge is 2.51. The van der Waals surface area contributed by atoms with Gasteiger partial charge >= 0.3 is 0 Å². The highest BCUT2D eigenvalue weighted by atomic mass is 35.5. The molecule has 1 aromatic heterocycles. The summed E-state index contributed by atoms with van der Waals surface area (Å²) in [4.78, 5) is 21.3. The van der Waals surface area contributed by atoms with E-state index in [4.69, 9.17) is 17.3 Å². The summed E-state index contributed by atoms with van der Waals surface area (Å²) in [7, 11) is -3.94. The quantitative estimate of drug-likeness (QED) is 0.604. The van der Waals surface area contributed by atoms with Crippen molar-refractivity contribution >= 4 is 33.1 Å². The van der Waals surface area contributed by atoms with E-state index in [9.17, 15) is 22.0 Å². The molecule has 178 valence electrons. The van der Waals surface area contributed by atoms with Crippen LogP contribution >= 0.6 is 11.6 Å². The lowest BCUT2D eigenvalue weighted by Crippen LogP contribution is -2.56. The number of benzene rings is 1. The van der Waals surface area contributed by atoms with Crippen LogP contribution in [0.2, 0.25) is 5.02 Å². The second-order valence-corrected chi connectivity index (χ2v) is 12.1. The molecule has 0 radical (unpaired) electrons. The number of hydrogen-bond acceptors (Lipinski definition) is 6. The predicted molar refractivity (Wildman–Crippen MR) is 125 cm³/mol. The van der Waals surface area contributed by atoms with E-state index in [1.807, 2.05) is 13.8 Å². The summed E-state index contributed by atoms with van der Waals surface area (Å²) in [5.41, 5.74) is 4.89. The number of aromatic nitrogens is 1. The third-order valence-electron chi connectivity index (χ3n) is 6.05. The van der Waals surface area contributed by atoms with E-state index < -0.39 is 38.4 Å². The minimum Gasteiger partial charge on any atom is -0.386 e. The smallest absolute Gasteiger partial charge is 0.185 e. The van der Waals surface area contributed by atoms with Crippen LogP contribution in [0.5, 0.6) is 0 Å². The summed E-state index contributed by atoms with van der Waals surface area (Å²) in [6.07, 6.45) is 1.22. The van der Waals surface area contributed by atoms with Crippen molar-refractivity contribution in [3.05, 3.63) is 63.7 Å². The van der Waals surface area contributed by atoms with Crippen LogP contribution in [0.1, 0.15) is 60.8 Å². The van der Waals surface area contributed by atoms with E-state index in [0.29, 0.717) is 16.1 Å². The molecule has 1 aliphatic heterocycles. The molecule has 1 aliphatic rings. The first-order valence-electron chi connectivity index (χ1n) is 10.4. The molecule has 33 heavy (non-hydrogen) atoms. The van der Waals surface area contributed by atoms with Crippen LogP contribution in [0.15, 0.2) is 35.5 Å². The first-order chi connectivity index (χ1) is 15.2. The number of ketones is 1. The van der Waals surface area contributed by atoms with E-state index >= 15 is 0 Å². The van der Waals surface area contributed by atoms with Gasteiger partial charge in [-0.2, -0.15) is 0 Å². The van der Waals surface area contributed by atoms with Crippen molar-refractivity contribution in [2.75, 3.05) is 12.4 Å². The normalized spacial score (nSPS) is 21.6. The highest BCUT2D eigenvalue weighted by molar-refractivity contribution is 7.93. The topological polar surface area (TPSA) is 102 Å². The van der Waals surface area contributed by atoms with Gasteiger partial charge in [-0.05, 0) is 49.1 Å². The number of nitrogens with two attached hydrogens (primary N) is 1. The molecule has 0 aliphatic carbocycles. The number of carbonyl (C=O) groups excluding carboxylic acids is 1. The van der Waals surface area contributed by atoms with Gasteiger partial charge in [0, 0.05) is 18.2 Å². The summed E-state index contributed by atoms with van der Waals surface area (Å²) in [6.45, 7) is 5.28. The molecule has 1 aromatic carbocycles. The zero-order valence-corrected chi connectivity index (χ0v) is 20.4. The molecule has 2 N–H and O–H groups in total. The van der Waals surface area contributed by atoms with Crippen molar-refractivity contribution < 1.29 is 22.0 Å². The molecular formula is C23H26ClF2N3O3S. The second kappa shape index (κ2) is 8.76. The second-order valence-electron chi connectivity index (χ2n) is 9.09. The van der Waals surface area contributed by atoms with Crippen LogP contribution in [-0.4, -0.2) is 42.2 Å². The molecule has 0 saturated heterocycles. The molecule has 3 rings (SSSR count). The fourth-order valence-electron chi connectivity index (χ4n) is 3.77. The van der Waals surface area contributed by atoms with Gasteiger partial charge in [0.15, 0.2) is 15.6 Å². The molecule has 0 saturated carbocycles. The van der Waals surface area contributed by atoms with Gasteiger partial charge in [-0.25, -0.2) is 17.2 Å². The third-order valence-corrected chi connectivity index (χ3v) is 8.87. The van der Waals surface area contributed by atoms with Gasteiger partial charge in [-0.1, -0.05) is 31.5 Å². The van der Waals surface area contributed by atoms with E-state index in [2.05, 4.69) is 9.98 Å². The van der Waals surface area contributed by atoms with Crippen molar-refractivity contribution in [3.8, 4) is 0 Å². The summed E-state index contributed by atoms with van der Waals surface area (Å²) < 4.78 is 53.3. The molecule has 0 spiro atoms. The van der Waals surface area contributed by atoms with Crippen LogP contribution in [0, 0.1) is 5.82 Å². The van der Waals surface area contributed by atoms with E-state index in [1.54, 1.807) is 6.07 Å². The fourth-order valence-corrected chi connectivity index (χ4v) is 5.58. The highest BCUT2D eigenvalue weighted by Crippen LogP contribution is 2.39. The van der Waals surface area contributed by atoms with Crippen molar-refractivity contribution in [3.63, 3.8) is 0 Å². The maximum atomic E-state index is 14.8. The van der Waals surface area contributed by atoms with E-state index in [-0.39, 0.29) is 35.2 Å². The van der Waals surface area contributed by atoms with Crippen molar-refractivity contribution in [2.24, 2.45) is 10.7 Å². The summed E-state index contributed by atoms with van der Waals surface area (Å²) in [6, 6.07) is 5.42. The lowest BCUT2D eigenvalue weighted by molar-refractivity contribution is 0.0986. The molecule has 2 heterocycles. The number of nitrogens with zero attached hydrogens (tertiary/aromatic N) is 2. The molecule has 2 aromatic rings. The number of rotatable bonds is 6. The number of hydrogen-bond donors (Lipinski definition) is 1. The average Bonchev–Trinajstić information content (AvgIpc) is 2.73. The van der Waals surface area contributed by atoms with Crippen molar-refractivity contribution in [1.82, 2.24) is 4.98 Å². The Morgan fingerprint density at radius 1 is 1.27 bits per heavy atom. The fraction of sp³-hybridized carbons (Fsp3) is 0.435. The lowest BCUT2D eigenvalue weighted by atomic mass is 9.89. The van der Waals surface area contributed by atoms with Crippen LogP contribution in [-0.2, 0) is 21.8 Å². The van der Waals surface area contributed by atoms with Gasteiger partial charge in [-0.15, -0.1) is 0 Å². The number of pyridine rings is 1. The first kappa shape index (κ1) is 25.2. The summed E-state index contributed by atoms with van der Waals surface area (Å²) >= 11 is 6.01. The predicted octanol–water partition coefficient (Wildman–Crippen LogP) is 4.15. The Morgan fingerprint density at radius 3 is 2.52 bits per heavy atom. The number of alkyl halides is 1. The monoisotopic (exact) mass is 497 g/mol. The molecule has 0 unspecified atom stereocenters. The third kappa shape index (κ3) is 4.53. The summed E-state index contributed by atoms with van der Waals surface area (Å²) in [5, 5.41) is 0.404. The van der Waals surface area contributed by atoms with Crippen LogP contribution in [0.25, 0.3) is 0 Å². The largest absolute Gasteiger partial charge is 0.386 e. The summed E-state index contributed by atoms with van der Waals surface area (Å²) in [5.74, 6) is -2.21. The molecular weight excluding hydrogens is 472 g/mol. The Morgan fingerprint density at radius 2 is 1.94 bits per heavy atom. The number of amidine groups is 1. The van der Waals surface area contributed by atoms with Crippen LogP contribution in [0.3, 0.4) is 0 Å². The van der Waals surface area contributed by atoms with Gasteiger partial charge in [0.25, 0.3) is 0 Å². The van der Waals surface area contributed by atoms with E-state index in [0.717, 1.165) is 6.07 Å². The Kier molecular flexibility index (Phi) is 6.70. The average molecular weight is 498 g/mol. The van der Waals surface area contributed by atoms with Gasteiger partial charge in [-0.3, -0.25) is 14.8 Å². The molecule has 1 atom stereocenters. The first-order valence-corrected chi connectivity index (χ1v) is 12.4. The molecule has 6 nitrogen and oxygen atoms in total. The van der Waals surface area contributed by atoms with E-state index in [1.165, 1.54) is 32.2 Å². The number of halogens is 3. The van der Waals surface area contributed by atoms with Gasteiger partial charge in [0.2, 0.25) is 0 Å². The zero-order chi connectivity index (χ0) is 24.8. The van der Waals surface area contributed by atoms with Gasteiger partial charge < -0.3 is 5.73 Å². The molecule has 10 heteroatoms. The SMILES string of the molecule is CC(C)c1cc(Cl)cnc1C(=O)Cc1ccc(F)c([C@]2(CF)CS(=O)(=O)C(C)(C)C(N)=N2)c1. The maximum Gasteiger partial charge on any atom is 0.185 e. The zero-order valence-electron chi connectivity index (χ0n) is 18.8. The van der Waals surface area contributed by atoms with Gasteiger partial charge in [0.05, 0.1) is 10.8 Å². The van der Waals surface area contributed by atoms with Crippen molar-refractivity contribution in [1.29, 1.82) is 0 Å². The number of carbonyl (C=O) groups is 1. The molecule has 0 bridgehead atoms. The minimum absolute atomic E-state index is 0.0122. The Balaban J connectivity index is 2.05. The van der Waals surface area contributed by atoms with Crippen LogP contribution in [0.4, 0.5) is 8.78 Å². The molecule has 0 fully saturated rings. The Hall–Kier alpha value is -2.39. The van der Waals surface area contributed by atoms with Gasteiger partial charge in [0.1, 0.15) is 34.3 Å². The maximum absolute atomic E-state index is 14.8. The number of aliphatic imine (C=N–C) groups is 1. The standard InChI is InChI=1S/C23H26ClF2N3O3S/c1-13(2)16-9-15(24)10-28-20(16)19(30)8-14-5-6-18(26)17(7-14)23(11-25)12-33(31,32)22(3,4)21(27)29-23/h5-7,9-10,13H,8,11-12H2,1-4H3,(H2,27,29)/t23-/m0/s1. The number of Topliss-reactive ketones (excluding diaryl/α,β-unsaturated/α-hetero) is 1. The van der Waals surface area contributed by atoms with Crippen molar-refractivity contribution in [2.45, 2.75) is 50.3 Å². The number of sulfone groups is 1.